The zero-order chi connectivity index (χ0) is 20.2. The van der Waals surface area contributed by atoms with E-state index in [0.29, 0.717) is 5.69 Å². The molecule has 29 heavy (non-hydrogen) atoms. The second-order valence-electron chi connectivity index (χ2n) is 7.18. The van der Waals surface area contributed by atoms with Crippen molar-refractivity contribution in [2.45, 2.75) is 13.8 Å². The smallest absolute Gasteiger partial charge is 0.274 e. The van der Waals surface area contributed by atoms with E-state index >= 15 is 0 Å². The predicted molar refractivity (Wildman–Crippen MR) is 115 cm³/mol. The highest BCUT2D eigenvalue weighted by molar-refractivity contribution is 6.03. The SMILES string of the molecule is Cc1ccc(NC(=O)c2ccc(N3CCN(c4ncccn4)CC3)cn2)cc1C. The molecule has 1 saturated heterocycles. The average Bonchev–Trinajstić information content (AvgIpc) is 2.77. The maximum atomic E-state index is 12.5. The van der Waals surface area contributed by atoms with Crippen LogP contribution in [0, 0.1) is 13.8 Å². The molecule has 0 saturated carbocycles. The van der Waals surface area contributed by atoms with Crippen molar-refractivity contribution < 1.29 is 4.79 Å². The number of anilines is 3. The molecule has 148 valence electrons. The molecule has 1 aromatic carbocycles. The summed E-state index contributed by atoms with van der Waals surface area (Å²) in [4.78, 5) is 29.9. The highest BCUT2D eigenvalue weighted by Crippen LogP contribution is 2.19. The van der Waals surface area contributed by atoms with Gasteiger partial charge in [0.25, 0.3) is 5.91 Å². The summed E-state index contributed by atoms with van der Waals surface area (Å²) in [5.41, 5.74) is 4.54. The van der Waals surface area contributed by atoms with Crippen LogP contribution >= 0.6 is 0 Å². The van der Waals surface area contributed by atoms with E-state index in [2.05, 4.69) is 30.1 Å². The first kappa shape index (κ1) is 18.9. The number of piperazine rings is 1. The Morgan fingerprint density at radius 3 is 2.28 bits per heavy atom. The topological polar surface area (TPSA) is 74.2 Å². The number of carbonyl (C=O) groups is 1. The normalized spacial score (nSPS) is 14.0. The van der Waals surface area contributed by atoms with E-state index in [-0.39, 0.29) is 5.91 Å². The first-order valence-corrected chi connectivity index (χ1v) is 9.72. The molecule has 7 heteroatoms. The molecular formula is C22H24N6O. The molecule has 3 heterocycles. The second kappa shape index (κ2) is 8.26. The largest absolute Gasteiger partial charge is 0.367 e. The minimum Gasteiger partial charge on any atom is -0.367 e. The van der Waals surface area contributed by atoms with E-state index in [1.165, 1.54) is 5.56 Å². The fourth-order valence-corrected chi connectivity index (χ4v) is 3.34. The summed E-state index contributed by atoms with van der Waals surface area (Å²) in [6, 6.07) is 11.4. The van der Waals surface area contributed by atoms with Gasteiger partial charge in [0.15, 0.2) is 0 Å². The van der Waals surface area contributed by atoms with Crippen molar-refractivity contribution in [1.82, 2.24) is 15.0 Å². The molecule has 0 unspecified atom stereocenters. The van der Waals surface area contributed by atoms with Crippen LogP contribution in [0.15, 0.2) is 55.0 Å². The summed E-state index contributed by atoms with van der Waals surface area (Å²) in [7, 11) is 0. The number of aryl methyl sites for hydroxylation is 2. The summed E-state index contributed by atoms with van der Waals surface area (Å²) in [6.07, 6.45) is 5.30. The molecule has 1 aliphatic heterocycles. The third-order valence-electron chi connectivity index (χ3n) is 5.23. The Balaban J connectivity index is 1.36. The molecule has 1 amide bonds. The Morgan fingerprint density at radius 2 is 1.62 bits per heavy atom. The van der Waals surface area contributed by atoms with Gasteiger partial charge in [-0.1, -0.05) is 6.07 Å². The van der Waals surface area contributed by atoms with Crippen LogP contribution in [-0.2, 0) is 0 Å². The van der Waals surface area contributed by atoms with Gasteiger partial charge in [0.1, 0.15) is 5.69 Å². The molecule has 0 atom stereocenters. The van der Waals surface area contributed by atoms with Crippen molar-refractivity contribution in [2.24, 2.45) is 0 Å². The van der Waals surface area contributed by atoms with Gasteiger partial charge in [-0.3, -0.25) is 4.79 Å². The lowest BCUT2D eigenvalue weighted by atomic mass is 10.1. The van der Waals surface area contributed by atoms with E-state index < -0.39 is 0 Å². The van der Waals surface area contributed by atoms with Crippen molar-refractivity contribution in [3.8, 4) is 0 Å². The number of amides is 1. The fraction of sp³-hybridized carbons (Fsp3) is 0.273. The highest BCUT2D eigenvalue weighted by Gasteiger charge is 2.19. The number of pyridine rings is 1. The molecule has 3 aromatic rings. The zero-order valence-electron chi connectivity index (χ0n) is 16.7. The van der Waals surface area contributed by atoms with Gasteiger partial charge in [0, 0.05) is 44.3 Å². The van der Waals surface area contributed by atoms with Crippen LogP contribution in [0.2, 0.25) is 0 Å². The molecule has 1 aliphatic rings. The van der Waals surface area contributed by atoms with Crippen LogP contribution in [0.5, 0.6) is 0 Å². The Morgan fingerprint density at radius 1 is 0.897 bits per heavy atom. The maximum absolute atomic E-state index is 12.5. The first-order chi connectivity index (χ1) is 14.1. The number of hydrogen-bond acceptors (Lipinski definition) is 6. The molecule has 0 spiro atoms. The van der Waals surface area contributed by atoms with Gasteiger partial charge in [-0.05, 0) is 55.3 Å². The Labute approximate surface area is 170 Å². The summed E-state index contributed by atoms with van der Waals surface area (Å²) in [5, 5.41) is 2.91. The van der Waals surface area contributed by atoms with Crippen molar-refractivity contribution in [3.05, 3.63) is 71.8 Å². The van der Waals surface area contributed by atoms with E-state index in [1.807, 2.05) is 44.2 Å². The van der Waals surface area contributed by atoms with Gasteiger partial charge in [-0.25, -0.2) is 15.0 Å². The van der Waals surface area contributed by atoms with Gasteiger partial charge in [0.2, 0.25) is 5.95 Å². The van der Waals surface area contributed by atoms with Gasteiger partial charge in [0.05, 0.1) is 11.9 Å². The average molecular weight is 388 g/mol. The number of hydrogen-bond donors (Lipinski definition) is 1. The quantitative estimate of drug-likeness (QED) is 0.740. The lowest BCUT2D eigenvalue weighted by Crippen LogP contribution is -2.47. The number of carbonyl (C=O) groups excluding carboxylic acids is 1. The number of aromatic nitrogens is 3. The van der Waals surface area contributed by atoms with Crippen LogP contribution in [0.25, 0.3) is 0 Å². The van der Waals surface area contributed by atoms with Crippen LogP contribution in [0.4, 0.5) is 17.3 Å². The monoisotopic (exact) mass is 388 g/mol. The van der Waals surface area contributed by atoms with E-state index in [4.69, 9.17) is 0 Å². The molecular weight excluding hydrogens is 364 g/mol. The Kier molecular flexibility index (Phi) is 5.37. The van der Waals surface area contributed by atoms with Crippen molar-refractivity contribution in [1.29, 1.82) is 0 Å². The van der Waals surface area contributed by atoms with Crippen molar-refractivity contribution >= 4 is 23.2 Å². The number of benzene rings is 1. The van der Waals surface area contributed by atoms with Crippen LogP contribution in [0.1, 0.15) is 21.6 Å². The summed E-state index contributed by atoms with van der Waals surface area (Å²) >= 11 is 0. The molecule has 1 fully saturated rings. The van der Waals surface area contributed by atoms with E-state index in [1.54, 1.807) is 24.7 Å². The van der Waals surface area contributed by atoms with Gasteiger partial charge in [-0.2, -0.15) is 0 Å². The zero-order valence-corrected chi connectivity index (χ0v) is 16.7. The molecule has 0 bridgehead atoms. The van der Waals surface area contributed by atoms with E-state index in [9.17, 15) is 4.79 Å². The molecule has 0 aliphatic carbocycles. The standard InChI is InChI=1S/C22H24N6O/c1-16-4-5-18(14-17(16)2)26-21(29)20-7-6-19(15-25-20)27-10-12-28(13-11-27)22-23-8-3-9-24-22/h3-9,14-15H,10-13H2,1-2H3,(H,26,29). The lowest BCUT2D eigenvalue weighted by Gasteiger charge is -2.35. The third-order valence-corrected chi connectivity index (χ3v) is 5.23. The Bertz CT molecular complexity index is 982. The van der Waals surface area contributed by atoms with Gasteiger partial charge in [-0.15, -0.1) is 0 Å². The summed E-state index contributed by atoms with van der Waals surface area (Å²) < 4.78 is 0. The van der Waals surface area contributed by atoms with Crippen LogP contribution < -0.4 is 15.1 Å². The minimum atomic E-state index is -0.203. The lowest BCUT2D eigenvalue weighted by molar-refractivity contribution is 0.102. The summed E-state index contributed by atoms with van der Waals surface area (Å²) in [5.74, 6) is 0.564. The van der Waals surface area contributed by atoms with Gasteiger partial charge < -0.3 is 15.1 Å². The highest BCUT2D eigenvalue weighted by atomic mass is 16.1. The number of nitrogens with zero attached hydrogens (tertiary/aromatic N) is 5. The number of rotatable bonds is 4. The number of nitrogens with one attached hydrogen (secondary N) is 1. The molecule has 0 radical (unpaired) electrons. The molecule has 1 N–H and O–H groups in total. The fourth-order valence-electron chi connectivity index (χ4n) is 3.34. The van der Waals surface area contributed by atoms with Crippen LogP contribution in [-0.4, -0.2) is 47.0 Å². The Hall–Kier alpha value is -3.48. The predicted octanol–water partition coefficient (Wildman–Crippen LogP) is 3.07. The summed E-state index contributed by atoms with van der Waals surface area (Å²) in [6.45, 7) is 7.48. The minimum absolute atomic E-state index is 0.203. The van der Waals surface area contributed by atoms with Crippen molar-refractivity contribution in [3.63, 3.8) is 0 Å². The van der Waals surface area contributed by atoms with Gasteiger partial charge >= 0.3 is 0 Å². The molecule has 4 rings (SSSR count). The molecule has 2 aromatic heterocycles. The van der Waals surface area contributed by atoms with E-state index in [0.717, 1.165) is 49.1 Å². The van der Waals surface area contributed by atoms with Crippen molar-refractivity contribution in [2.75, 3.05) is 41.3 Å². The van der Waals surface area contributed by atoms with Crippen LogP contribution in [0.3, 0.4) is 0 Å². The maximum Gasteiger partial charge on any atom is 0.274 e. The first-order valence-electron chi connectivity index (χ1n) is 9.72. The second-order valence-corrected chi connectivity index (χ2v) is 7.18. The molecule has 7 nitrogen and oxygen atoms in total. The third kappa shape index (κ3) is 4.34.